The van der Waals surface area contributed by atoms with Gasteiger partial charge in [0.1, 0.15) is 18.2 Å². The summed E-state index contributed by atoms with van der Waals surface area (Å²) in [4.78, 5) is 50.4. The summed E-state index contributed by atoms with van der Waals surface area (Å²) in [7, 11) is 0. The molecule has 0 unspecified atom stereocenters. The van der Waals surface area contributed by atoms with Crippen LogP contribution in [-0.2, 0) is 25.7 Å². The Labute approximate surface area is 248 Å². The number of carbonyl (C=O) groups excluding carboxylic acids is 4. The zero-order valence-corrected chi connectivity index (χ0v) is 24.3. The molecule has 0 aliphatic carbocycles. The number of amides is 3. The zero-order chi connectivity index (χ0) is 30.0. The van der Waals surface area contributed by atoms with Gasteiger partial charge in [0.15, 0.2) is 0 Å². The molecule has 3 rings (SSSR count). The molecular formula is C30H31Cl2N3O6. The molecular weight excluding hydrogens is 569 g/mol. The van der Waals surface area contributed by atoms with Crippen LogP contribution >= 0.6 is 23.2 Å². The molecule has 216 valence electrons. The number of ether oxygens (including phenoxy) is 2. The molecule has 0 aromatic heterocycles. The van der Waals surface area contributed by atoms with E-state index in [0.717, 1.165) is 11.1 Å². The number of rotatable bonds is 10. The molecule has 0 saturated carbocycles. The fourth-order valence-electron chi connectivity index (χ4n) is 3.59. The van der Waals surface area contributed by atoms with Crippen LogP contribution in [-0.4, -0.2) is 48.6 Å². The van der Waals surface area contributed by atoms with Gasteiger partial charge in [0.05, 0.1) is 22.2 Å². The molecule has 0 bridgehead atoms. The van der Waals surface area contributed by atoms with Crippen molar-refractivity contribution in [1.29, 1.82) is 0 Å². The van der Waals surface area contributed by atoms with Crippen LogP contribution in [0.3, 0.4) is 0 Å². The molecule has 9 nitrogen and oxygen atoms in total. The van der Waals surface area contributed by atoms with Gasteiger partial charge in [-0.15, -0.1) is 0 Å². The lowest BCUT2D eigenvalue weighted by atomic mass is 10.0. The van der Waals surface area contributed by atoms with E-state index in [1.54, 1.807) is 57.2 Å². The second kappa shape index (κ2) is 14.5. The summed E-state index contributed by atoms with van der Waals surface area (Å²) >= 11 is 12.9. The summed E-state index contributed by atoms with van der Waals surface area (Å²) in [6.07, 6.45) is -0.775. The molecule has 3 amide bonds. The van der Waals surface area contributed by atoms with E-state index in [1.165, 1.54) is 0 Å². The topological polar surface area (TPSA) is 123 Å². The molecule has 41 heavy (non-hydrogen) atoms. The maximum absolute atomic E-state index is 13.2. The van der Waals surface area contributed by atoms with Crippen molar-refractivity contribution in [3.63, 3.8) is 0 Å². The Morgan fingerprint density at radius 3 is 2.00 bits per heavy atom. The third-order valence-corrected chi connectivity index (χ3v) is 6.08. The van der Waals surface area contributed by atoms with E-state index in [0.29, 0.717) is 5.56 Å². The second-order valence-electron chi connectivity index (χ2n) is 9.96. The van der Waals surface area contributed by atoms with Crippen molar-refractivity contribution in [1.82, 2.24) is 16.0 Å². The maximum Gasteiger partial charge on any atom is 0.408 e. The van der Waals surface area contributed by atoms with Crippen molar-refractivity contribution < 1.29 is 28.7 Å². The minimum absolute atomic E-state index is 0.0354. The monoisotopic (exact) mass is 599 g/mol. The number of nitrogens with one attached hydrogen (secondary N) is 3. The number of benzene rings is 3. The van der Waals surface area contributed by atoms with Crippen molar-refractivity contribution in [3.05, 3.63) is 94.0 Å². The van der Waals surface area contributed by atoms with E-state index in [9.17, 15) is 19.2 Å². The first-order valence-electron chi connectivity index (χ1n) is 12.7. The second-order valence-corrected chi connectivity index (χ2v) is 10.8. The molecule has 3 aromatic rings. The highest BCUT2D eigenvalue weighted by atomic mass is 35.5. The van der Waals surface area contributed by atoms with Gasteiger partial charge in [-0.2, -0.15) is 0 Å². The Balaban J connectivity index is 1.71. The van der Waals surface area contributed by atoms with Crippen molar-refractivity contribution in [3.8, 4) is 11.1 Å². The normalized spacial score (nSPS) is 11.6. The molecule has 1 atom stereocenters. The van der Waals surface area contributed by atoms with Crippen molar-refractivity contribution >= 4 is 47.1 Å². The van der Waals surface area contributed by atoms with Gasteiger partial charge in [-0.05, 0) is 49.6 Å². The lowest BCUT2D eigenvalue weighted by Crippen LogP contribution is -2.50. The highest BCUT2D eigenvalue weighted by Crippen LogP contribution is 2.31. The summed E-state index contributed by atoms with van der Waals surface area (Å²) < 4.78 is 10.5. The van der Waals surface area contributed by atoms with Gasteiger partial charge < -0.3 is 25.4 Å². The summed E-state index contributed by atoms with van der Waals surface area (Å²) in [5.41, 5.74) is 1.53. The highest BCUT2D eigenvalue weighted by Gasteiger charge is 2.27. The molecule has 0 saturated heterocycles. The Morgan fingerprint density at radius 1 is 0.829 bits per heavy atom. The molecule has 0 fully saturated rings. The first-order valence-corrected chi connectivity index (χ1v) is 13.5. The van der Waals surface area contributed by atoms with Gasteiger partial charge in [-0.1, -0.05) is 83.9 Å². The molecule has 3 N–H and O–H groups in total. The summed E-state index contributed by atoms with van der Waals surface area (Å²) in [5, 5.41) is 7.54. The van der Waals surface area contributed by atoms with Gasteiger partial charge in [0.2, 0.25) is 5.91 Å². The van der Waals surface area contributed by atoms with E-state index in [4.69, 9.17) is 32.7 Å². The van der Waals surface area contributed by atoms with Gasteiger partial charge in [-0.25, -0.2) is 9.59 Å². The Hall–Kier alpha value is -4.08. The predicted octanol–water partition coefficient (Wildman–Crippen LogP) is 5.14. The minimum atomic E-state index is -1.29. The Kier molecular flexibility index (Phi) is 11.1. The number of carbonyl (C=O) groups is 4. The SMILES string of the molecule is CC(C)(C)OC(=O)NCC(=O)NC[C@H](NC(=O)c1c(Cl)cc(-c2ccccc2)cc1Cl)C(=O)OCc1ccccc1. The first kappa shape index (κ1) is 31.4. The Bertz CT molecular complexity index is 1350. The lowest BCUT2D eigenvalue weighted by molar-refractivity contribution is -0.147. The van der Waals surface area contributed by atoms with E-state index < -0.39 is 42.1 Å². The number of alkyl carbamates (subject to hydrolysis) is 1. The standard InChI is InChI=1S/C30H31Cl2N3O6/c1-30(2,3)41-29(39)34-17-25(36)33-16-24(28(38)40-18-19-10-6-4-7-11-19)35-27(37)26-22(31)14-21(15-23(26)32)20-12-8-5-9-13-20/h4-15,24H,16-18H2,1-3H3,(H,33,36)(H,34,39)(H,35,37)/t24-/m0/s1. The molecule has 0 heterocycles. The van der Waals surface area contributed by atoms with Crippen LogP contribution < -0.4 is 16.0 Å². The molecule has 0 radical (unpaired) electrons. The summed E-state index contributed by atoms with van der Waals surface area (Å²) in [6, 6.07) is 20.2. The summed E-state index contributed by atoms with van der Waals surface area (Å²) in [5.74, 6) is -2.15. The van der Waals surface area contributed by atoms with Crippen LogP contribution in [0.1, 0.15) is 36.7 Å². The molecule has 11 heteroatoms. The Morgan fingerprint density at radius 2 is 1.41 bits per heavy atom. The molecule has 0 spiro atoms. The average Bonchev–Trinajstić information content (AvgIpc) is 2.92. The third-order valence-electron chi connectivity index (χ3n) is 5.49. The lowest BCUT2D eigenvalue weighted by Gasteiger charge is -2.20. The fraction of sp³-hybridized carbons (Fsp3) is 0.267. The number of esters is 1. The van der Waals surface area contributed by atoms with Crippen LogP contribution in [0.2, 0.25) is 10.0 Å². The molecule has 0 aliphatic rings. The van der Waals surface area contributed by atoms with Crippen LogP contribution in [0.25, 0.3) is 11.1 Å². The van der Waals surface area contributed by atoms with E-state index >= 15 is 0 Å². The average molecular weight is 600 g/mol. The van der Waals surface area contributed by atoms with Crippen LogP contribution in [0.15, 0.2) is 72.8 Å². The van der Waals surface area contributed by atoms with Gasteiger partial charge in [0.25, 0.3) is 5.91 Å². The molecule has 3 aromatic carbocycles. The predicted molar refractivity (Wildman–Crippen MR) is 157 cm³/mol. The fourth-order valence-corrected chi connectivity index (χ4v) is 4.24. The maximum atomic E-state index is 13.2. The van der Waals surface area contributed by atoms with E-state index in [2.05, 4.69) is 16.0 Å². The van der Waals surface area contributed by atoms with E-state index in [-0.39, 0.29) is 28.8 Å². The number of hydrogen-bond acceptors (Lipinski definition) is 6. The summed E-state index contributed by atoms with van der Waals surface area (Å²) in [6.45, 7) is 4.28. The van der Waals surface area contributed by atoms with Crippen molar-refractivity contribution in [2.75, 3.05) is 13.1 Å². The van der Waals surface area contributed by atoms with Gasteiger partial charge >= 0.3 is 12.1 Å². The number of halogens is 2. The third kappa shape index (κ3) is 10.1. The van der Waals surface area contributed by atoms with Crippen molar-refractivity contribution in [2.45, 2.75) is 39.0 Å². The van der Waals surface area contributed by atoms with Gasteiger partial charge in [0, 0.05) is 6.54 Å². The molecule has 0 aliphatic heterocycles. The number of hydrogen-bond donors (Lipinski definition) is 3. The highest BCUT2D eigenvalue weighted by molar-refractivity contribution is 6.40. The smallest absolute Gasteiger partial charge is 0.408 e. The van der Waals surface area contributed by atoms with Crippen LogP contribution in [0, 0.1) is 0 Å². The van der Waals surface area contributed by atoms with Crippen LogP contribution in [0.5, 0.6) is 0 Å². The van der Waals surface area contributed by atoms with Crippen LogP contribution in [0.4, 0.5) is 4.79 Å². The largest absolute Gasteiger partial charge is 0.459 e. The quantitative estimate of drug-likeness (QED) is 0.277. The zero-order valence-electron chi connectivity index (χ0n) is 22.8. The van der Waals surface area contributed by atoms with Gasteiger partial charge in [-0.3, -0.25) is 9.59 Å². The first-order chi connectivity index (χ1) is 19.4. The minimum Gasteiger partial charge on any atom is -0.459 e. The van der Waals surface area contributed by atoms with Crippen molar-refractivity contribution in [2.24, 2.45) is 0 Å². The van der Waals surface area contributed by atoms with E-state index in [1.807, 2.05) is 36.4 Å².